The number of benzene rings is 1. The highest BCUT2D eigenvalue weighted by Gasteiger charge is 2.21. The molecule has 0 aliphatic heterocycles. The third kappa shape index (κ3) is 4.75. The van der Waals surface area contributed by atoms with Crippen molar-refractivity contribution in [2.24, 2.45) is 0 Å². The van der Waals surface area contributed by atoms with Gasteiger partial charge in [-0.3, -0.25) is 9.48 Å². The van der Waals surface area contributed by atoms with E-state index in [9.17, 15) is 4.79 Å². The van der Waals surface area contributed by atoms with Crippen LogP contribution >= 0.6 is 0 Å². The van der Waals surface area contributed by atoms with Crippen molar-refractivity contribution in [3.63, 3.8) is 0 Å². The largest absolute Gasteiger partial charge is 0.497 e. The highest BCUT2D eigenvalue weighted by Crippen LogP contribution is 2.19. The molecule has 6 nitrogen and oxygen atoms in total. The van der Waals surface area contributed by atoms with Crippen molar-refractivity contribution in [3.8, 4) is 5.75 Å². The topological polar surface area (TPSA) is 59.4 Å². The SMILES string of the molecule is CC[C@@H](Nc1cccc(OC)c1)C(=O)N(C)Cc1cn(CC)nc1C. The molecule has 0 aliphatic carbocycles. The Balaban J connectivity index is 2.05. The van der Waals surface area contributed by atoms with Crippen LogP contribution in [0.1, 0.15) is 31.5 Å². The summed E-state index contributed by atoms with van der Waals surface area (Å²) in [6.07, 6.45) is 2.71. The summed E-state index contributed by atoms with van der Waals surface area (Å²) in [5, 5.41) is 7.75. The van der Waals surface area contributed by atoms with Crippen LogP contribution in [0, 0.1) is 6.92 Å². The van der Waals surface area contributed by atoms with Crippen LogP contribution in [0.3, 0.4) is 0 Å². The third-order valence-electron chi connectivity index (χ3n) is 4.27. The highest BCUT2D eigenvalue weighted by atomic mass is 16.5. The first-order valence-corrected chi connectivity index (χ1v) is 8.66. The fraction of sp³-hybridized carbons (Fsp3) is 0.474. The number of carbonyl (C=O) groups is 1. The lowest BCUT2D eigenvalue weighted by atomic mass is 10.1. The maximum Gasteiger partial charge on any atom is 0.245 e. The molecule has 0 radical (unpaired) electrons. The summed E-state index contributed by atoms with van der Waals surface area (Å²) in [4.78, 5) is 14.6. The molecule has 0 fully saturated rings. The molecule has 1 aromatic heterocycles. The van der Waals surface area contributed by atoms with Crippen molar-refractivity contribution in [1.29, 1.82) is 0 Å². The standard InChI is InChI=1S/C19H28N4O2/c1-6-18(20-16-9-8-10-17(11-16)25-5)19(24)22(4)12-15-13-23(7-2)21-14(15)3/h8-11,13,18,20H,6-7,12H2,1-5H3/t18-/m1/s1. The summed E-state index contributed by atoms with van der Waals surface area (Å²) in [7, 11) is 3.47. The molecule has 0 bridgehead atoms. The predicted octanol–water partition coefficient (Wildman–Crippen LogP) is 3.07. The Bertz CT molecular complexity index is 711. The second kappa shape index (κ2) is 8.55. The van der Waals surface area contributed by atoms with Crippen LogP contribution in [-0.4, -0.2) is 40.8 Å². The molecule has 0 saturated heterocycles. The molecule has 1 aromatic carbocycles. The van der Waals surface area contributed by atoms with Crippen molar-refractivity contribution < 1.29 is 9.53 Å². The Kier molecular flexibility index (Phi) is 6.44. The van der Waals surface area contributed by atoms with Gasteiger partial charge in [0.1, 0.15) is 11.8 Å². The minimum atomic E-state index is -0.279. The van der Waals surface area contributed by atoms with Crippen molar-refractivity contribution in [2.45, 2.75) is 46.3 Å². The molecule has 2 aromatic rings. The van der Waals surface area contributed by atoms with Crippen molar-refractivity contribution in [1.82, 2.24) is 14.7 Å². The van der Waals surface area contributed by atoms with Gasteiger partial charge in [0.15, 0.2) is 0 Å². The number of methoxy groups -OCH3 is 1. The number of aryl methyl sites for hydroxylation is 2. The summed E-state index contributed by atoms with van der Waals surface area (Å²) < 4.78 is 7.14. The van der Waals surface area contributed by atoms with Gasteiger partial charge in [-0.2, -0.15) is 5.10 Å². The number of hydrogen-bond acceptors (Lipinski definition) is 4. The van der Waals surface area contributed by atoms with Crippen LogP contribution in [0.2, 0.25) is 0 Å². The first kappa shape index (κ1) is 18.8. The molecule has 0 spiro atoms. The second-order valence-corrected chi connectivity index (χ2v) is 6.13. The van der Waals surface area contributed by atoms with E-state index in [4.69, 9.17) is 4.74 Å². The van der Waals surface area contributed by atoms with Crippen molar-refractivity contribution >= 4 is 11.6 Å². The third-order valence-corrected chi connectivity index (χ3v) is 4.27. The summed E-state index contributed by atoms with van der Waals surface area (Å²) in [5.74, 6) is 0.831. The average molecular weight is 344 g/mol. The van der Waals surface area contributed by atoms with E-state index in [1.807, 2.05) is 56.0 Å². The Morgan fingerprint density at radius 2 is 2.16 bits per heavy atom. The van der Waals surface area contributed by atoms with Crippen LogP contribution in [0.5, 0.6) is 5.75 Å². The number of carbonyl (C=O) groups excluding carboxylic acids is 1. The zero-order valence-electron chi connectivity index (χ0n) is 15.7. The van der Waals surface area contributed by atoms with Gasteiger partial charge in [0.25, 0.3) is 0 Å². The summed E-state index contributed by atoms with van der Waals surface area (Å²) in [6, 6.07) is 7.34. The summed E-state index contributed by atoms with van der Waals surface area (Å²) >= 11 is 0. The van der Waals surface area contributed by atoms with E-state index in [0.717, 1.165) is 29.2 Å². The molecule has 6 heteroatoms. The van der Waals surface area contributed by atoms with Crippen LogP contribution in [0.4, 0.5) is 5.69 Å². The minimum Gasteiger partial charge on any atom is -0.497 e. The Labute approximate surface area is 149 Å². The fourth-order valence-corrected chi connectivity index (χ4v) is 2.73. The molecule has 136 valence electrons. The summed E-state index contributed by atoms with van der Waals surface area (Å²) in [6.45, 7) is 7.42. The van der Waals surface area contributed by atoms with E-state index in [0.29, 0.717) is 13.0 Å². The Morgan fingerprint density at radius 3 is 2.76 bits per heavy atom. The fourth-order valence-electron chi connectivity index (χ4n) is 2.73. The van der Waals surface area contributed by atoms with Gasteiger partial charge in [-0.1, -0.05) is 13.0 Å². The lowest BCUT2D eigenvalue weighted by Gasteiger charge is -2.24. The molecule has 2 rings (SSSR count). The lowest BCUT2D eigenvalue weighted by molar-refractivity contribution is -0.131. The van der Waals surface area contributed by atoms with E-state index in [1.54, 1.807) is 12.0 Å². The van der Waals surface area contributed by atoms with E-state index >= 15 is 0 Å². The number of nitrogens with one attached hydrogen (secondary N) is 1. The Hall–Kier alpha value is -2.50. The molecule has 25 heavy (non-hydrogen) atoms. The Morgan fingerprint density at radius 1 is 1.40 bits per heavy atom. The van der Waals surface area contributed by atoms with Crippen LogP contribution in [0.25, 0.3) is 0 Å². The molecule has 1 amide bonds. The number of aromatic nitrogens is 2. The van der Waals surface area contributed by atoms with E-state index in [-0.39, 0.29) is 11.9 Å². The first-order valence-electron chi connectivity index (χ1n) is 8.66. The maximum absolute atomic E-state index is 12.8. The van der Waals surface area contributed by atoms with Gasteiger partial charge in [0.2, 0.25) is 5.91 Å². The number of rotatable bonds is 8. The first-order chi connectivity index (χ1) is 12.0. The quantitative estimate of drug-likeness (QED) is 0.799. The second-order valence-electron chi connectivity index (χ2n) is 6.13. The molecular formula is C19H28N4O2. The van der Waals surface area contributed by atoms with Crippen molar-refractivity contribution in [3.05, 3.63) is 41.7 Å². The normalized spacial score (nSPS) is 11.9. The van der Waals surface area contributed by atoms with Gasteiger partial charge in [-0.05, 0) is 32.4 Å². The maximum atomic E-state index is 12.8. The van der Waals surface area contributed by atoms with Crippen LogP contribution < -0.4 is 10.1 Å². The number of ether oxygens (including phenoxy) is 1. The number of anilines is 1. The minimum absolute atomic E-state index is 0.0639. The van der Waals surface area contributed by atoms with Gasteiger partial charge in [-0.15, -0.1) is 0 Å². The van der Waals surface area contributed by atoms with E-state index in [1.165, 1.54) is 0 Å². The van der Waals surface area contributed by atoms with Crippen LogP contribution in [0.15, 0.2) is 30.5 Å². The van der Waals surface area contributed by atoms with E-state index < -0.39 is 0 Å². The smallest absolute Gasteiger partial charge is 0.245 e. The molecule has 1 atom stereocenters. The predicted molar refractivity (Wildman–Crippen MR) is 99.8 cm³/mol. The molecular weight excluding hydrogens is 316 g/mol. The van der Waals surface area contributed by atoms with Gasteiger partial charge < -0.3 is 15.0 Å². The van der Waals surface area contributed by atoms with Gasteiger partial charge in [-0.25, -0.2) is 0 Å². The number of nitrogens with zero attached hydrogens (tertiary/aromatic N) is 3. The van der Waals surface area contributed by atoms with Crippen LogP contribution in [-0.2, 0) is 17.9 Å². The molecule has 0 aliphatic rings. The molecule has 0 saturated carbocycles. The van der Waals surface area contributed by atoms with Gasteiger partial charge >= 0.3 is 0 Å². The highest BCUT2D eigenvalue weighted by molar-refractivity contribution is 5.84. The van der Waals surface area contributed by atoms with Gasteiger partial charge in [0, 0.05) is 43.7 Å². The zero-order chi connectivity index (χ0) is 18.4. The molecule has 1 heterocycles. The number of likely N-dealkylation sites (N-methyl/N-ethyl adjacent to an activating group) is 1. The lowest BCUT2D eigenvalue weighted by Crippen LogP contribution is -2.40. The molecule has 0 unspecified atom stereocenters. The average Bonchev–Trinajstić information content (AvgIpc) is 2.99. The number of amides is 1. The molecule has 1 N–H and O–H groups in total. The van der Waals surface area contributed by atoms with E-state index in [2.05, 4.69) is 17.3 Å². The summed E-state index contributed by atoms with van der Waals surface area (Å²) in [5.41, 5.74) is 2.92. The zero-order valence-corrected chi connectivity index (χ0v) is 15.7. The van der Waals surface area contributed by atoms with Gasteiger partial charge in [0.05, 0.1) is 12.8 Å². The van der Waals surface area contributed by atoms with Crippen molar-refractivity contribution in [2.75, 3.05) is 19.5 Å². The monoisotopic (exact) mass is 344 g/mol. The number of hydrogen-bond donors (Lipinski definition) is 1.